The summed E-state index contributed by atoms with van der Waals surface area (Å²) in [4.78, 5) is 14.5. The summed E-state index contributed by atoms with van der Waals surface area (Å²) in [6.45, 7) is 1.70. The molecule has 0 bridgehead atoms. The van der Waals surface area contributed by atoms with Gasteiger partial charge in [-0.15, -0.1) is 0 Å². The van der Waals surface area contributed by atoms with Gasteiger partial charge in [-0.05, 0) is 37.0 Å². The highest BCUT2D eigenvalue weighted by Crippen LogP contribution is 2.17. The Morgan fingerprint density at radius 3 is 2.48 bits per heavy atom. The molecule has 0 aliphatic carbocycles. The third-order valence-electron chi connectivity index (χ3n) is 4.39. The molecule has 3 rings (SSSR count). The van der Waals surface area contributed by atoms with Crippen LogP contribution < -0.4 is 5.32 Å². The Morgan fingerprint density at radius 2 is 1.74 bits per heavy atom. The molecule has 120 valence electrons. The lowest BCUT2D eigenvalue weighted by molar-refractivity contribution is -0.132. The van der Waals surface area contributed by atoms with Gasteiger partial charge in [0.25, 0.3) is 0 Å². The van der Waals surface area contributed by atoms with Crippen LogP contribution in [0.25, 0.3) is 0 Å². The summed E-state index contributed by atoms with van der Waals surface area (Å²) in [6.07, 6.45) is 3.62. The van der Waals surface area contributed by atoms with Crippen molar-refractivity contribution in [2.45, 2.75) is 31.7 Å². The topological polar surface area (TPSA) is 32.3 Å². The highest BCUT2D eigenvalue weighted by atomic mass is 16.2. The number of benzene rings is 2. The minimum atomic E-state index is 0.272. The largest absolute Gasteiger partial charge is 0.381 e. The standard InChI is InChI=1S/C20H24N2O/c23-20(14-13-17-8-3-1-4-9-17)22-15-7-12-19(16-22)21-18-10-5-2-6-11-18/h1-6,8-11,19,21H,7,12-16H2. The molecule has 1 aliphatic rings. The molecule has 1 saturated heterocycles. The third-order valence-corrected chi connectivity index (χ3v) is 4.39. The van der Waals surface area contributed by atoms with Gasteiger partial charge >= 0.3 is 0 Å². The lowest BCUT2D eigenvalue weighted by Crippen LogP contribution is -2.45. The molecular weight excluding hydrogens is 284 g/mol. The second-order valence-electron chi connectivity index (χ2n) is 6.17. The number of hydrogen-bond acceptors (Lipinski definition) is 2. The fourth-order valence-electron chi connectivity index (χ4n) is 3.15. The minimum absolute atomic E-state index is 0.272. The summed E-state index contributed by atoms with van der Waals surface area (Å²) in [6, 6.07) is 20.8. The van der Waals surface area contributed by atoms with E-state index in [1.807, 2.05) is 41.3 Å². The first kappa shape index (κ1) is 15.6. The van der Waals surface area contributed by atoms with E-state index in [2.05, 4.69) is 29.6 Å². The molecule has 0 spiro atoms. The normalized spacial score (nSPS) is 17.7. The summed E-state index contributed by atoms with van der Waals surface area (Å²) in [5.74, 6) is 0.272. The highest BCUT2D eigenvalue weighted by molar-refractivity contribution is 5.76. The Morgan fingerprint density at radius 1 is 1.04 bits per heavy atom. The smallest absolute Gasteiger partial charge is 0.222 e. The van der Waals surface area contributed by atoms with Gasteiger partial charge in [-0.1, -0.05) is 48.5 Å². The number of carbonyl (C=O) groups excluding carboxylic acids is 1. The van der Waals surface area contributed by atoms with Crippen molar-refractivity contribution in [2.75, 3.05) is 18.4 Å². The predicted octanol–water partition coefficient (Wildman–Crippen LogP) is 3.72. The third kappa shape index (κ3) is 4.59. The van der Waals surface area contributed by atoms with Gasteiger partial charge in [0.15, 0.2) is 0 Å². The fraction of sp³-hybridized carbons (Fsp3) is 0.350. The molecule has 1 fully saturated rings. The van der Waals surface area contributed by atoms with Crippen LogP contribution in [0.5, 0.6) is 0 Å². The number of aryl methyl sites for hydroxylation is 1. The highest BCUT2D eigenvalue weighted by Gasteiger charge is 2.23. The Hall–Kier alpha value is -2.29. The molecule has 1 amide bonds. The fourth-order valence-corrected chi connectivity index (χ4v) is 3.15. The van der Waals surface area contributed by atoms with Crippen molar-refractivity contribution in [3.63, 3.8) is 0 Å². The maximum absolute atomic E-state index is 12.5. The SMILES string of the molecule is O=C(CCc1ccccc1)N1CCCC(Nc2ccccc2)C1. The zero-order valence-corrected chi connectivity index (χ0v) is 13.4. The Bertz CT molecular complexity index is 612. The van der Waals surface area contributed by atoms with Crippen molar-refractivity contribution in [1.82, 2.24) is 4.90 Å². The van der Waals surface area contributed by atoms with Gasteiger partial charge in [-0.3, -0.25) is 4.79 Å². The van der Waals surface area contributed by atoms with Crippen molar-refractivity contribution in [2.24, 2.45) is 0 Å². The van der Waals surface area contributed by atoms with E-state index in [0.717, 1.165) is 38.0 Å². The van der Waals surface area contributed by atoms with Crippen molar-refractivity contribution in [3.8, 4) is 0 Å². The molecule has 1 aliphatic heterocycles. The number of nitrogens with zero attached hydrogens (tertiary/aromatic N) is 1. The van der Waals surface area contributed by atoms with E-state index >= 15 is 0 Å². The average Bonchev–Trinajstić information content (AvgIpc) is 2.62. The molecule has 0 aromatic heterocycles. The maximum atomic E-state index is 12.5. The number of hydrogen-bond donors (Lipinski definition) is 1. The molecule has 1 N–H and O–H groups in total. The zero-order valence-electron chi connectivity index (χ0n) is 13.4. The van der Waals surface area contributed by atoms with Gasteiger partial charge in [-0.25, -0.2) is 0 Å². The van der Waals surface area contributed by atoms with Crippen LogP contribution in [0, 0.1) is 0 Å². The molecule has 3 nitrogen and oxygen atoms in total. The van der Waals surface area contributed by atoms with Crippen LogP contribution in [-0.2, 0) is 11.2 Å². The van der Waals surface area contributed by atoms with Crippen LogP contribution in [0.3, 0.4) is 0 Å². The second kappa shape index (κ2) is 7.82. The number of piperidine rings is 1. The zero-order chi connectivity index (χ0) is 15.9. The van der Waals surface area contributed by atoms with E-state index in [1.165, 1.54) is 5.56 Å². The van der Waals surface area contributed by atoms with E-state index in [0.29, 0.717) is 12.5 Å². The monoisotopic (exact) mass is 308 g/mol. The lowest BCUT2D eigenvalue weighted by Gasteiger charge is -2.34. The van der Waals surface area contributed by atoms with E-state index in [4.69, 9.17) is 0 Å². The molecule has 23 heavy (non-hydrogen) atoms. The summed E-state index contributed by atoms with van der Waals surface area (Å²) in [5, 5.41) is 3.55. The Kier molecular flexibility index (Phi) is 5.30. The van der Waals surface area contributed by atoms with Crippen molar-refractivity contribution < 1.29 is 4.79 Å². The Labute approximate surface area is 138 Å². The van der Waals surface area contributed by atoms with Gasteiger partial charge < -0.3 is 10.2 Å². The number of anilines is 1. The second-order valence-corrected chi connectivity index (χ2v) is 6.17. The van der Waals surface area contributed by atoms with Gasteiger partial charge in [0, 0.05) is 31.2 Å². The number of rotatable bonds is 5. The van der Waals surface area contributed by atoms with Crippen LogP contribution in [0.2, 0.25) is 0 Å². The van der Waals surface area contributed by atoms with Gasteiger partial charge in [0.1, 0.15) is 0 Å². The molecule has 2 aromatic rings. The number of amides is 1. The first-order chi connectivity index (χ1) is 11.3. The van der Waals surface area contributed by atoms with Gasteiger partial charge in [0.2, 0.25) is 5.91 Å². The minimum Gasteiger partial charge on any atom is -0.381 e. The quantitative estimate of drug-likeness (QED) is 0.913. The van der Waals surface area contributed by atoms with Crippen molar-refractivity contribution in [1.29, 1.82) is 0 Å². The molecule has 3 heteroatoms. The molecule has 2 aromatic carbocycles. The molecule has 1 heterocycles. The summed E-state index contributed by atoms with van der Waals surface area (Å²) in [5.41, 5.74) is 2.37. The average molecular weight is 308 g/mol. The Balaban J connectivity index is 1.50. The molecular formula is C20H24N2O. The van der Waals surface area contributed by atoms with E-state index in [9.17, 15) is 4.79 Å². The lowest BCUT2D eigenvalue weighted by atomic mass is 10.0. The molecule has 0 radical (unpaired) electrons. The van der Waals surface area contributed by atoms with Gasteiger partial charge in [-0.2, -0.15) is 0 Å². The van der Waals surface area contributed by atoms with Crippen LogP contribution in [0.1, 0.15) is 24.8 Å². The molecule has 1 unspecified atom stereocenters. The maximum Gasteiger partial charge on any atom is 0.222 e. The van der Waals surface area contributed by atoms with Crippen molar-refractivity contribution in [3.05, 3.63) is 66.2 Å². The predicted molar refractivity (Wildman–Crippen MR) is 94.4 cm³/mol. The molecule has 1 atom stereocenters. The first-order valence-electron chi connectivity index (χ1n) is 8.44. The summed E-state index contributed by atoms with van der Waals surface area (Å²) < 4.78 is 0. The summed E-state index contributed by atoms with van der Waals surface area (Å²) >= 11 is 0. The van der Waals surface area contributed by atoms with E-state index in [-0.39, 0.29) is 5.91 Å². The van der Waals surface area contributed by atoms with E-state index < -0.39 is 0 Å². The van der Waals surface area contributed by atoms with E-state index in [1.54, 1.807) is 0 Å². The van der Waals surface area contributed by atoms with Gasteiger partial charge in [0.05, 0.1) is 0 Å². The summed E-state index contributed by atoms with van der Waals surface area (Å²) in [7, 11) is 0. The number of carbonyl (C=O) groups is 1. The first-order valence-corrected chi connectivity index (χ1v) is 8.44. The van der Waals surface area contributed by atoms with Crippen LogP contribution >= 0.6 is 0 Å². The molecule has 0 saturated carbocycles. The number of nitrogens with one attached hydrogen (secondary N) is 1. The number of likely N-dealkylation sites (tertiary alicyclic amines) is 1. The van der Waals surface area contributed by atoms with Crippen molar-refractivity contribution >= 4 is 11.6 Å². The number of para-hydroxylation sites is 1. The van der Waals surface area contributed by atoms with Crippen LogP contribution in [0.15, 0.2) is 60.7 Å². The van der Waals surface area contributed by atoms with Crippen LogP contribution in [0.4, 0.5) is 5.69 Å². The van der Waals surface area contributed by atoms with Crippen LogP contribution in [-0.4, -0.2) is 29.9 Å².